The lowest BCUT2D eigenvalue weighted by atomic mass is 10.0. The van der Waals surface area contributed by atoms with Crippen molar-refractivity contribution in [3.63, 3.8) is 0 Å². The fraction of sp³-hybridized carbons (Fsp3) is 0.429. The maximum Gasteiger partial charge on any atom is 0.202 e. The van der Waals surface area contributed by atoms with Crippen LogP contribution in [0.1, 0.15) is 215 Å². The Labute approximate surface area is 495 Å². The Morgan fingerprint density at radius 2 is 0.687 bits per heavy atom. The highest BCUT2D eigenvalue weighted by Crippen LogP contribution is 2.09. The molecular formula is C63H95N13O7. The van der Waals surface area contributed by atoms with E-state index in [4.69, 9.17) is 0 Å². The molecule has 7 rings (SSSR count). The van der Waals surface area contributed by atoms with E-state index in [9.17, 15) is 33.6 Å². The monoisotopic (exact) mass is 1150 g/mol. The van der Waals surface area contributed by atoms with Gasteiger partial charge in [0.1, 0.15) is 36.1 Å². The third-order valence-corrected chi connectivity index (χ3v) is 9.59. The molecule has 454 valence electrons. The van der Waals surface area contributed by atoms with Gasteiger partial charge in [0.2, 0.25) is 5.78 Å². The molecule has 0 unspecified atom stereocenters. The number of rotatable bonds is 14. The quantitative estimate of drug-likeness (QED) is 0.0914. The van der Waals surface area contributed by atoms with E-state index in [0.29, 0.717) is 34.0 Å². The second kappa shape index (κ2) is 48.1. The van der Waals surface area contributed by atoms with E-state index < -0.39 is 0 Å². The van der Waals surface area contributed by atoms with Crippen LogP contribution in [0.2, 0.25) is 0 Å². The summed E-state index contributed by atoms with van der Waals surface area (Å²) in [7, 11) is 0. The zero-order valence-electron chi connectivity index (χ0n) is 46.4. The highest BCUT2D eigenvalue weighted by Gasteiger charge is 2.15. The smallest absolute Gasteiger partial charge is 0.202 e. The van der Waals surface area contributed by atoms with Gasteiger partial charge in [0, 0.05) is 121 Å². The number of aromatic nitrogens is 13. The maximum atomic E-state index is 11.3. The van der Waals surface area contributed by atoms with Gasteiger partial charge in [-0.25, -0.2) is 44.9 Å². The lowest BCUT2D eigenvalue weighted by Gasteiger charge is -2.01. The van der Waals surface area contributed by atoms with Crippen LogP contribution in [0, 0.1) is 41.4 Å². The number of hydrogen-bond donors (Lipinski definition) is 0. The first-order valence-electron chi connectivity index (χ1n) is 24.8. The van der Waals surface area contributed by atoms with E-state index in [1.165, 1.54) is 56.2 Å². The number of carbonyl (C=O) groups excluding carboxylic acids is 7. The average Bonchev–Trinajstić information content (AvgIpc) is 3.46. The Kier molecular flexibility index (Phi) is 49.6. The van der Waals surface area contributed by atoms with Gasteiger partial charge in [0.05, 0.1) is 17.3 Å². The van der Waals surface area contributed by atoms with Crippen LogP contribution in [0.4, 0.5) is 0 Å². The van der Waals surface area contributed by atoms with Crippen LogP contribution >= 0.6 is 0 Å². The molecule has 7 heterocycles. The van der Waals surface area contributed by atoms with Crippen molar-refractivity contribution in [1.82, 2.24) is 65.0 Å². The number of carbonyl (C=O) groups is 7. The number of ketones is 7. The largest absolute Gasteiger partial charge is 0.294 e. The lowest BCUT2D eigenvalue weighted by Crippen LogP contribution is -2.11. The third kappa shape index (κ3) is 34.9. The first kappa shape index (κ1) is 85.6. The van der Waals surface area contributed by atoms with Crippen LogP contribution in [0.3, 0.4) is 0 Å². The second-order valence-corrected chi connectivity index (χ2v) is 18.5. The summed E-state index contributed by atoms with van der Waals surface area (Å²) in [5, 5.41) is 7.32. The summed E-state index contributed by atoms with van der Waals surface area (Å²) in [6.45, 7) is 26.0. The van der Waals surface area contributed by atoms with Crippen LogP contribution in [0.25, 0.3) is 0 Å². The van der Waals surface area contributed by atoms with Crippen LogP contribution in [-0.4, -0.2) is 106 Å². The minimum Gasteiger partial charge on any atom is -0.294 e. The summed E-state index contributed by atoms with van der Waals surface area (Å²) in [5.74, 6) is 0.848. The maximum absolute atomic E-state index is 11.3. The molecule has 0 saturated heterocycles. The molecule has 20 nitrogen and oxygen atoms in total. The highest BCUT2D eigenvalue weighted by molar-refractivity contribution is 5.98. The fourth-order valence-corrected chi connectivity index (χ4v) is 5.24. The molecule has 0 radical (unpaired) electrons. The molecule has 20 heteroatoms. The second-order valence-electron chi connectivity index (χ2n) is 18.5. The van der Waals surface area contributed by atoms with Crippen molar-refractivity contribution in [2.75, 3.05) is 0 Å². The van der Waals surface area contributed by atoms with Crippen molar-refractivity contribution in [1.29, 1.82) is 0 Å². The van der Waals surface area contributed by atoms with Crippen LogP contribution in [-0.2, 0) is 0 Å². The minimum atomic E-state index is -0.0302. The first-order chi connectivity index (χ1) is 36.5. The van der Waals surface area contributed by atoms with Gasteiger partial charge in [-0.1, -0.05) is 141 Å². The van der Waals surface area contributed by atoms with Gasteiger partial charge in [-0.2, -0.15) is 5.10 Å². The zero-order chi connectivity index (χ0) is 57.9. The van der Waals surface area contributed by atoms with Crippen molar-refractivity contribution in [3.8, 4) is 0 Å². The van der Waals surface area contributed by atoms with Crippen molar-refractivity contribution < 1.29 is 33.6 Å². The third-order valence-electron chi connectivity index (χ3n) is 9.59. The normalized spacial score (nSPS) is 9.36. The molecule has 83 heavy (non-hydrogen) atoms. The topological polar surface area (TPSA) is 287 Å². The van der Waals surface area contributed by atoms with Gasteiger partial charge >= 0.3 is 0 Å². The predicted molar refractivity (Wildman–Crippen MR) is 331 cm³/mol. The van der Waals surface area contributed by atoms with Gasteiger partial charge in [-0.05, 0) is 36.4 Å². The Bertz CT molecular complexity index is 2250. The Balaban J connectivity index is -0.000000206. The van der Waals surface area contributed by atoms with E-state index in [1.54, 1.807) is 79.8 Å². The molecule has 7 aromatic heterocycles. The van der Waals surface area contributed by atoms with Gasteiger partial charge in [-0.3, -0.25) is 43.5 Å². The van der Waals surface area contributed by atoms with Gasteiger partial charge in [-0.15, -0.1) is 5.10 Å². The van der Waals surface area contributed by atoms with Crippen LogP contribution in [0.15, 0.2) is 136 Å². The molecule has 0 saturated carbocycles. The highest BCUT2D eigenvalue weighted by atomic mass is 16.2. The van der Waals surface area contributed by atoms with Gasteiger partial charge < -0.3 is 0 Å². The first-order valence-corrected chi connectivity index (χ1v) is 24.8. The number of Topliss-reactive ketones (excluding diaryl/α,β-unsaturated/α-hetero) is 7. The molecule has 0 aliphatic carbocycles. The van der Waals surface area contributed by atoms with E-state index in [-0.39, 0.29) is 126 Å². The van der Waals surface area contributed by atoms with E-state index >= 15 is 0 Å². The van der Waals surface area contributed by atoms with E-state index in [1.807, 2.05) is 96.9 Å². The van der Waals surface area contributed by atoms with E-state index in [0.717, 1.165) is 5.56 Å². The fourth-order valence-electron chi connectivity index (χ4n) is 5.24. The van der Waals surface area contributed by atoms with Crippen LogP contribution < -0.4 is 0 Å². The Hall–Kier alpha value is -8.68. The van der Waals surface area contributed by atoms with Crippen molar-refractivity contribution in [2.24, 2.45) is 41.4 Å². The number of pyridine rings is 1. The minimum absolute atomic E-state index is 0. The molecule has 0 amide bonds. The molecule has 0 aliphatic rings. The summed E-state index contributed by atoms with van der Waals surface area (Å²) in [6.07, 6.45) is 24.5. The molecule has 0 aliphatic heterocycles. The SMILES string of the molecule is C.C.C.C.C.C.CC(C)C(=O)c1cccnn1.CC(C)C(=O)c1ccncc1.CC(C)C(=O)c1ccncn1.CC(C)C(=O)c1cnccn1.CC(C)C(=O)c1cncnc1.CC(C)C(=O)c1cncnc1.CC(C)C(=O)c1ncccn1. The lowest BCUT2D eigenvalue weighted by molar-refractivity contribution is 0.0922. The van der Waals surface area contributed by atoms with Crippen molar-refractivity contribution >= 4 is 40.5 Å². The Morgan fingerprint density at radius 1 is 0.289 bits per heavy atom. The Morgan fingerprint density at radius 3 is 1.05 bits per heavy atom. The molecule has 0 atom stereocenters. The summed E-state index contributed by atoms with van der Waals surface area (Å²) < 4.78 is 0. The van der Waals surface area contributed by atoms with Crippen molar-refractivity contribution in [3.05, 3.63) is 176 Å². The molecule has 0 fully saturated rings. The molecule has 0 bridgehead atoms. The number of nitrogens with zero attached hydrogens (tertiary/aromatic N) is 13. The molecule has 7 aromatic rings. The van der Waals surface area contributed by atoms with E-state index in [2.05, 4.69) is 65.0 Å². The summed E-state index contributed by atoms with van der Waals surface area (Å²) >= 11 is 0. The summed E-state index contributed by atoms with van der Waals surface area (Å²) in [5.41, 5.74) is 3.31. The van der Waals surface area contributed by atoms with Gasteiger partial charge in [0.15, 0.2) is 40.5 Å². The number of hydrogen-bond acceptors (Lipinski definition) is 20. The van der Waals surface area contributed by atoms with Gasteiger partial charge in [0.25, 0.3) is 0 Å². The van der Waals surface area contributed by atoms with Crippen LogP contribution in [0.5, 0.6) is 0 Å². The van der Waals surface area contributed by atoms with Crippen molar-refractivity contribution in [2.45, 2.75) is 141 Å². The average molecular weight is 1150 g/mol. The summed E-state index contributed by atoms with van der Waals surface area (Å²) in [4.78, 5) is 121. The molecule has 0 N–H and O–H groups in total. The molecular weight excluding hydrogens is 1050 g/mol. The zero-order valence-corrected chi connectivity index (χ0v) is 46.4. The molecule has 0 spiro atoms. The summed E-state index contributed by atoms with van der Waals surface area (Å²) in [6, 6.07) is 10.2. The predicted octanol–water partition coefficient (Wildman–Crippen LogP) is 13.6. The standard InChI is InChI=1S/C9H11NO.6C8H10N2O.6CH4/c1-7(2)9(11)8-3-5-10-6-4-8;2*1-6(2)8(11)7-3-9-5-10-4-7;1-6(2)8(11)7-5-9-3-4-10-7;1-6(2)8(11)7-3-4-9-5-10-7;1-6(2)7(11)8-9-4-3-5-10-8;1-6(2)8(11)7-4-3-5-9-10-7;;;;;;/h3-7H,1-2H3;6*3-6H,1-2H3;6*1H4. The molecule has 0 aromatic carbocycles.